The Kier molecular flexibility index (Phi) is 8.42. The van der Waals surface area contributed by atoms with E-state index in [2.05, 4.69) is 188 Å². The summed E-state index contributed by atoms with van der Waals surface area (Å²) < 4.78 is 5.26. The number of aliphatic imine (C=N–C) groups is 2. The van der Waals surface area contributed by atoms with Gasteiger partial charge in [0, 0.05) is 24.2 Å². The van der Waals surface area contributed by atoms with Crippen molar-refractivity contribution >= 4 is 33.6 Å². The maximum atomic E-state index is 5.26. The van der Waals surface area contributed by atoms with Crippen LogP contribution in [0.25, 0.3) is 66.4 Å². The zero-order chi connectivity index (χ0) is 37.4. The molecule has 0 aliphatic carbocycles. The minimum Gasteiger partial charge on any atom is -0.545 e. The van der Waals surface area contributed by atoms with Gasteiger partial charge in [-0.25, -0.2) is 9.98 Å². The summed E-state index contributed by atoms with van der Waals surface area (Å²) >= 11 is 0. The number of rotatable bonds is 7. The summed E-state index contributed by atoms with van der Waals surface area (Å²) in [5.41, 5.74) is 14.5. The molecule has 266 valence electrons. The molecule has 0 bridgehead atoms. The van der Waals surface area contributed by atoms with Gasteiger partial charge in [-0.15, -0.1) is 0 Å². The molecule has 1 aromatic heterocycles. The van der Waals surface area contributed by atoms with Crippen LogP contribution in [-0.2, 0) is 0 Å². The highest BCUT2D eigenvalue weighted by Crippen LogP contribution is 2.43. The molecule has 4 heteroatoms. The third-order valence-corrected chi connectivity index (χ3v) is 10.8. The molecule has 0 spiro atoms. The smallest absolute Gasteiger partial charge is 0.277 e. The number of benzene rings is 8. The van der Waals surface area contributed by atoms with E-state index < -0.39 is 0 Å². The largest absolute Gasteiger partial charge is 0.545 e. The van der Waals surface area contributed by atoms with Gasteiger partial charge in [0.15, 0.2) is 12.0 Å². The lowest BCUT2D eigenvalue weighted by Gasteiger charge is -2.32. The van der Waals surface area contributed by atoms with E-state index in [-0.39, 0.29) is 6.17 Å². The average molecular weight is 721 g/mol. The summed E-state index contributed by atoms with van der Waals surface area (Å²) in [4.78, 5) is 12.5. The lowest BCUT2D eigenvalue weighted by Crippen LogP contribution is -2.35. The lowest BCUT2D eigenvalue weighted by atomic mass is 9.92. The van der Waals surface area contributed by atoms with Gasteiger partial charge in [0.1, 0.15) is 5.84 Å². The van der Waals surface area contributed by atoms with Crippen LogP contribution in [0.1, 0.15) is 22.9 Å². The van der Waals surface area contributed by atoms with Crippen LogP contribution in [0.4, 0.5) is 0 Å². The van der Waals surface area contributed by atoms with E-state index >= 15 is 0 Å². The SMILES string of the molecule is CN1C(c2ccccc2)=NC(c2ccccc2)=NC1c1cccc(-c2cccc(-c3ccc(-c4cccc(-c5ccccc5)c4)c4[oH+]c5ccccc5c34)c2)c1. The van der Waals surface area contributed by atoms with Crippen LogP contribution in [0, 0.1) is 0 Å². The van der Waals surface area contributed by atoms with Crippen LogP contribution in [0.5, 0.6) is 0 Å². The third-order valence-electron chi connectivity index (χ3n) is 10.8. The molecule has 1 aliphatic heterocycles. The average Bonchev–Trinajstić information content (AvgIpc) is 3.67. The van der Waals surface area contributed by atoms with Crippen molar-refractivity contribution in [3.8, 4) is 44.5 Å². The number of fused-ring (bicyclic) bond motifs is 3. The maximum Gasteiger partial charge on any atom is 0.277 e. The Morgan fingerprint density at radius 1 is 0.446 bits per heavy atom. The van der Waals surface area contributed by atoms with E-state index in [1.165, 1.54) is 22.1 Å². The molecule has 0 saturated carbocycles. The van der Waals surface area contributed by atoms with Gasteiger partial charge in [-0.05, 0) is 74.8 Å². The Balaban J connectivity index is 1.05. The van der Waals surface area contributed by atoms with Crippen LogP contribution in [-0.4, -0.2) is 23.6 Å². The van der Waals surface area contributed by atoms with Crippen molar-refractivity contribution in [2.24, 2.45) is 9.98 Å². The van der Waals surface area contributed by atoms with Crippen molar-refractivity contribution in [1.29, 1.82) is 0 Å². The van der Waals surface area contributed by atoms with Crippen LogP contribution in [0.3, 0.4) is 0 Å². The normalized spacial score (nSPS) is 14.2. The second-order valence-electron chi connectivity index (χ2n) is 14.3. The fraction of sp³-hybridized carbons (Fsp3) is 0.0385. The van der Waals surface area contributed by atoms with Gasteiger partial charge in [-0.1, -0.05) is 164 Å². The predicted octanol–water partition coefficient (Wildman–Crippen LogP) is 13.2. The van der Waals surface area contributed by atoms with Crippen LogP contribution >= 0.6 is 0 Å². The fourth-order valence-electron chi connectivity index (χ4n) is 8.00. The molecular weight excluding hydrogens is 683 g/mol. The van der Waals surface area contributed by atoms with E-state index in [1.807, 2.05) is 24.3 Å². The zero-order valence-electron chi connectivity index (χ0n) is 30.9. The number of furan rings is 1. The molecule has 0 amide bonds. The van der Waals surface area contributed by atoms with Gasteiger partial charge in [0.05, 0.1) is 16.3 Å². The third kappa shape index (κ3) is 6.08. The second-order valence-corrected chi connectivity index (χ2v) is 14.3. The molecule has 0 radical (unpaired) electrons. The molecule has 2 heterocycles. The zero-order valence-corrected chi connectivity index (χ0v) is 30.9. The molecule has 56 heavy (non-hydrogen) atoms. The first kappa shape index (κ1) is 33.3. The van der Waals surface area contributed by atoms with Crippen molar-refractivity contribution in [2.75, 3.05) is 7.05 Å². The van der Waals surface area contributed by atoms with Gasteiger partial charge in [0.2, 0.25) is 0 Å². The number of nitrogens with zero attached hydrogens (tertiary/aromatic N) is 3. The summed E-state index contributed by atoms with van der Waals surface area (Å²) in [6.45, 7) is 0. The highest BCUT2D eigenvalue weighted by molar-refractivity contribution is 6.16. The number of para-hydroxylation sites is 1. The van der Waals surface area contributed by atoms with E-state index in [1.54, 1.807) is 0 Å². The fourth-order valence-corrected chi connectivity index (χ4v) is 8.00. The molecule has 1 atom stereocenters. The Labute approximate surface area is 326 Å². The Hall–Kier alpha value is -7.30. The minimum absolute atomic E-state index is 0.254. The molecular formula is C52H38N3O+. The van der Waals surface area contributed by atoms with Crippen molar-refractivity contribution in [1.82, 2.24) is 4.90 Å². The highest BCUT2D eigenvalue weighted by atomic mass is 16.3. The summed E-state index contributed by atoms with van der Waals surface area (Å²) in [5, 5.41) is 2.34. The molecule has 4 nitrogen and oxygen atoms in total. The van der Waals surface area contributed by atoms with E-state index in [0.717, 1.165) is 72.7 Å². The van der Waals surface area contributed by atoms with Gasteiger partial charge in [0.25, 0.3) is 11.2 Å². The van der Waals surface area contributed by atoms with Crippen molar-refractivity contribution < 1.29 is 4.42 Å². The van der Waals surface area contributed by atoms with Crippen molar-refractivity contribution in [3.63, 3.8) is 0 Å². The van der Waals surface area contributed by atoms with Gasteiger partial charge in [-0.3, -0.25) is 0 Å². The van der Waals surface area contributed by atoms with Gasteiger partial charge in [-0.2, -0.15) is 0 Å². The monoisotopic (exact) mass is 720 g/mol. The number of hydrogen-bond donors (Lipinski definition) is 0. The summed E-state index contributed by atoms with van der Waals surface area (Å²) in [6, 6.07) is 70.7. The van der Waals surface area contributed by atoms with Crippen LogP contribution in [0.15, 0.2) is 215 Å². The van der Waals surface area contributed by atoms with Crippen molar-refractivity contribution in [2.45, 2.75) is 6.17 Å². The standard InChI is InChI=1S/C52H37N3O/c1-55-51(37-20-9-4-10-21-37)53-50(36-18-7-3-8-19-36)54-52(55)43-27-15-24-40(34-43)39-23-14-25-41(33-39)44-30-31-45(49-48(44)46-28-11-12-29-47(46)56-49)42-26-13-22-38(32-42)35-16-5-2-6-17-35/h2-34,52H,1H3/p+1. The summed E-state index contributed by atoms with van der Waals surface area (Å²) in [6.07, 6.45) is -0.254. The van der Waals surface area contributed by atoms with E-state index in [9.17, 15) is 0 Å². The van der Waals surface area contributed by atoms with E-state index in [0.29, 0.717) is 0 Å². The molecule has 8 aromatic carbocycles. The number of amidine groups is 2. The summed E-state index contributed by atoms with van der Waals surface area (Å²) in [5.74, 6) is 1.63. The minimum atomic E-state index is -0.254. The lowest BCUT2D eigenvalue weighted by molar-refractivity contribution is 0.383. The Morgan fingerprint density at radius 2 is 0.964 bits per heavy atom. The maximum absolute atomic E-state index is 5.26. The molecule has 1 aliphatic rings. The highest BCUT2D eigenvalue weighted by Gasteiger charge is 2.27. The second kappa shape index (κ2) is 14.2. The Bertz CT molecular complexity index is 2930. The first-order valence-corrected chi connectivity index (χ1v) is 19.0. The predicted molar refractivity (Wildman–Crippen MR) is 233 cm³/mol. The van der Waals surface area contributed by atoms with Crippen LogP contribution < -0.4 is 0 Å². The van der Waals surface area contributed by atoms with Crippen molar-refractivity contribution in [3.05, 3.63) is 217 Å². The first-order chi connectivity index (χ1) is 27.7. The number of hydrogen-bond acceptors (Lipinski definition) is 3. The van der Waals surface area contributed by atoms with Gasteiger partial charge >= 0.3 is 0 Å². The van der Waals surface area contributed by atoms with Crippen LogP contribution in [0.2, 0.25) is 0 Å². The molecule has 1 unspecified atom stereocenters. The molecule has 10 rings (SSSR count). The molecule has 9 aromatic rings. The molecule has 0 saturated heterocycles. The molecule has 1 N–H and O–H groups in total. The quantitative estimate of drug-likeness (QED) is 0.151. The Morgan fingerprint density at radius 3 is 1.68 bits per heavy atom. The first-order valence-electron chi connectivity index (χ1n) is 19.0. The van der Waals surface area contributed by atoms with Gasteiger partial charge < -0.3 is 9.32 Å². The van der Waals surface area contributed by atoms with E-state index in [4.69, 9.17) is 14.4 Å². The topological polar surface area (TPSA) is 40.8 Å². The summed E-state index contributed by atoms with van der Waals surface area (Å²) in [7, 11) is 2.08. The molecule has 0 fully saturated rings.